The second-order valence-electron chi connectivity index (χ2n) is 10.0. The molecule has 2 unspecified atom stereocenters. The fourth-order valence-corrected chi connectivity index (χ4v) is 4.79. The highest BCUT2D eigenvalue weighted by atomic mass is 16.7. The van der Waals surface area contributed by atoms with E-state index in [9.17, 15) is 9.59 Å². The molecule has 1 aromatic rings. The monoisotopic (exact) mass is 519 g/mol. The number of esters is 1. The van der Waals surface area contributed by atoms with E-state index in [0.717, 1.165) is 37.9 Å². The summed E-state index contributed by atoms with van der Waals surface area (Å²) in [5.41, 5.74) is 1.28. The topological polar surface area (TPSA) is 83.1 Å². The van der Waals surface area contributed by atoms with Gasteiger partial charge in [-0.1, -0.05) is 63.3 Å². The van der Waals surface area contributed by atoms with Crippen LogP contribution in [-0.4, -0.2) is 50.8 Å². The van der Waals surface area contributed by atoms with E-state index in [2.05, 4.69) is 36.5 Å². The zero-order valence-electron chi connectivity index (χ0n) is 23.4. The number of carbonyl (C=O) groups excluding carboxylic acids is 2. The number of rotatable bonds is 18. The van der Waals surface area contributed by atoms with Crippen molar-refractivity contribution in [1.82, 2.24) is 5.32 Å². The van der Waals surface area contributed by atoms with Crippen molar-refractivity contribution in [3.63, 3.8) is 0 Å². The van der Waals surface area contributed by atoms with Gasteiger partial charge in [-0.25, -0.2) is 9.59 Å². The number of carbonyl (C=O) groups is 2. The minimum Gasteiger partial charge on any atom is -0.464 e. The molecule has 1 aromatic carbocycles. The van der Waals surface area contributed by atoms with Gasteiger partial charge in [0.2, 0.25) is 0 Å². The van der Waals surface area contributed by atoms with Crippen LogP contribution in [0.4, 0.5) is 4.79 Å². The number of amides is 1. The third-order valence-electron chi connectivity index (χ3n) is 7.06. The average molecular weight is 520 g/mol. The number of hydrogen-bond donors (Lipinski definition) is 1. The summed E-state index contributed by atoms with van der Waals surface area (Å²) in [4.78, 5) is 25.4. The first-order chi connectivity index (χ1) is 18.0. The van der Waals surface area contributed by atoms with Crippen molar-refractivity contribution in [2.24, 2.45) is 0 Å². The lowest BCUT2D eigenvalue weighted by Gasteiger charge is -2.32. The van der Waals surface area contributed by atoms with Gasteiger partial charge in [-0.3, -0.25) is 0 Å². The molecule has 1 saturated heterocycles. The Balaban J connectivity index is 1.96. The lowest BCUT2D eigenvalue weighted by atomic mass is 9.86. The second kappa shape index (κ2) is 18.2. The summed E-state index contributed by atoms with van der Waals surface area (Å²) < 4.78 is 21.8. The Hall–Kier alpha value is -2.12. The molecule has 0 bridgehead atoms. The first-order valence-electron chi connectivity index (χ1n) is 14.4. The number of hydrogen-bond acceptors (Lipinski definition) is 6. The van der Waals surface area contributed by atoms with Crippen LogP contribution in [0.3, 0.4) is 0 Å². The SMILES string of the molecule is CCCCCCCCc1ccc(CCC(CCCOC2CCCCO2)(NC(=O)OC)C(=O)OCC)cc1. The van der Waals surface area contributed by atoms with Crippen molar-refractivity contribution in [2.45, 2.75) is 116 Å². The zero-order valence-corrected chi connectivity index (χ0v) is 23.4. The van der Waals surface area contributed by atoms with Gasteiger partial charge in [0.25, 0.3) is 0 Å². The van der Waals surface area contributed by atoms with Gasteiger partial charge in [0, 0.05) is 13.2 Å². The highest BCUT2D eigenvalue weighted by Crippen LogP contribution is 2.25. The zero-order chi connectivity index (χ0) is 26.8. The molecule has 1 aliphatic rings. The van der Waals surface area contributed by atoms with Gasteiger partial charge in [-0.2, -0.15) is 0 Å². The van der Waals surface area contributed by atoms with E-state index >= 15 is 0 Å². The van der Waals surface area contributed by atoms with Gasteiger partial charge in [-0.05, 0) is 75.8 Å². The van der Waals surface area contributed by atoms with E-state index < -0.39 is 17.6 Å². The van der Waals surface area contributed by atoms with E-state index in [1.54, 1.807) is 6.92 Å². The predicted octanol–water partition coefficient (Wildman–Crippen LogP) is 6.50. The van der Waals surface area contributed by atoms with Gasteiger partial charge in [0.05, 0.1) is 13.7 Å². The average Bonchev–Trinajstić information content (AvgIpc) is 2.92. The molecule has 0 spiro atoms. The molecule has 7 heteroatoms. The van der Waals surface area contributed by atoms with Crippen LogP contribution in [0.15, 0.2) is 24.3 Å². The Morgan fingerprint density at radius 3 is 2.30 bits per heavy atom. The maximum atomic E-state index is 13.1. The summed E-state index contributed by atoms with van der Waals surface area (Å²) in [7, 11) is 1.30. The van der Waals surface area contributed by atoms with Crippen LogP contribution in [-0.2, 0) is 36.6 Å². The van der Waals surface area contributed by atoms with Crippen LogP contribution < -0.4 is 5.32 Å². The molecule has 210 valence electrons. The molecule has 1 amide bonds. The van der Waals surface area contributed by atoms with E-state index in [1.807, 2.05) is 0 Å². The molecule has 0 saturated carbocycles. The van der Waals surface area contributed by atoms with E-state index in [0.29, 0.717) is 32.3 Å². The quantitative estimate of drug-likeness (QED) is 0.176. The van der Waals surface area contributed by atoms with Crippen LogP contribution in [0.2, 0.25) is 0 Å². The van der Waals surface area contributed by atoms with Gasteiger partial charge in [-0.15, -0.1) is 0 Å². The first-order valence-corrected chi connectivity index (χ1v) is 14.4. The van der Waals surface area contributed by atoms with Crippen molar-refractivity contribution in [1.29, 1.82) is 0 Å². The highest BCUT2D eigenvalue weighted by molar-refractivity contribution is 5.85. The van der Waals surface area contributed by atoms with Gasteiger partial charge in [0.15, 0.2) is 6.29 Å². The first kappa shape index (κ1) is 31.1. The standard InChI is InChI=1S/C30H49NO6/c1-4-6-7-8-9-10-14-25-16-18-26(19-17-25)20-22-30(28(32)35-5-2,31-29(33)34-3)21-13-24-37-27-15-11-12-23-36-27/h16-19,27H,4-15,20-24H2,1-3H3,(H,31,33). The molecule has 1 aliphatic heterocycles. The number of unbranched alkanes of at least 4 members (excludes halogenated alkanes) is 5. The minimum absolute atomic E-state index is 0.186. The van der Waals surface area contributed by atoms with Crippen LogP contribution in [0.1, 0.15) is 102 Å². The van der Waals surface area contributed by atoms with E-state index in [4.69, 9.17) is 18.9 Å². The summed E-state index contributed by atoms with van der Waals surface area (Å²) in [5.74, 6) is -0.436. The molecule has 37 heavy (non-hydrogen) atoms. The Bertz CT molecular complexity index is 762. The largest absolute Gasteiger partial charge is 0.464 e. The van der Waals surface area contributed by atoms with E-state index in [1.165, 1.54) is 51.2 Å². The Morgan fingerprint density at radius 1 is 0.946 bits per heavy atom. The molecule has 1 fully saturated rings. The molecular weight excluding hydrogens is 470 g/mol. The molecule has 0 aliphatic carbocycles. The van der Waals surface area contributed by atoms with Crippen LogP contribution >= 0.6 is 0 Å². The molecule has 1 heterocycles. The smallest absolute Gasteiger partial charge is 0.407 e. The molecule has 2 atom stereocenters. The molecule has 0 aromatic heterocycles. The number of methoxy groups -OCH3 is 1. The third kappa shape index (κ3) is 11.9. The molecule has 2 rings (SSSR count). The molecule has 0 radical (unpaired) electrons. The van der Waals surface area contributed by atoms with Crippen LogP contribution in [0.25, 0.3) is 0 Å². The van der Waals surface area contributed by atoms with Crippen LogP contribution in [0, 0.1) is 0 Å². The van der Waals surface area contributed by atoms with Crippen molar-refractivity contribution >= 4 is 12.1 Å². The lowest BCUT2D eigenvalue weighted by molar-refractivity contribution is -0.164. The predicted molar refractivity (Wildman–Crippen MR) is 146 cm³/mol. The van der Waals surface area contributed by atoms with Crippen molar-refractivity contribution < 1.29 is 28.5 Å². The summed E-state index contributed by atoms with van der Waals surface area (Å²) >= 11 is 0. The van der Waals surface area contributed by atoms with Crippen molar-refractivity contribution in [2.75, 3.05) is 26.9 Å². The fraction of sp³-hybridized carbons (Fsp3) is 0.733. The third-order valence-corrected chi connectivity index (χ3v) is 7.06. The minimum atomic E-state index is -1.18. The number of aryl methyl sites for hydroxylation is 2. The van der Waals surface area contributed by atoms with Crippen molar-refractivity contribution in [3.05, 3.63) is 35.4 Å². The van der Waals surface area contributed by atoms with Crippen molar-refractivity contribution in [3.8, 4) is 0 Å². The Morgan fingerprint density at radius 2 is 1.65 bits per heavy atom. The van der Waals surface area contributed by atoms with Gasteiger partial charge >= 0.3 is 12.1 Å². The number of ether oxygens (including phenoxy) is 4. The fourth-order valence-electron chi connectivity index (χ4n) is 4.79. The molecular formula is C30H49NO6. The van der Waals surface area contributed by atoms with Crippen LogP contribution in [0.5, 0.6) is 0 Å². The normalized spacial score (nSPS) is 17.1. The maximum absolute atomic E-state index is 13.1. The Kier molecular flexibility index (Phi) is 15.3. The lowest BCUT2D eigenvalue weighted by Crippen LogP contribution is -2.55. The molecule has 7 nitrogen and oxygen atoms in total. The summed E-state index contributed by atoms with van der Waals surface area (Å²) in [6.45, 7) is 5.42. The number of alkyl carbamates (subject to hydrolysis) is 1. The Labute approximate surface area is 224 Å². The second-order valence-corrected chi connectivity index (χ2v) is 10.0. The number of benzene rings is 1. The summed E-state index contributed by atoms with van der Waals surface area (Å²) in [6.07, 6.45) is 13.1. The van der Waals surface area contributed by atoms with E-state index in [-0.39, 0.29) is 12.9 Å². The summed E-state index contributed by atoms with van der Waals surface area (Å²) in [5, 5.41) is 2.81. The number of nitrogens with one attached hydrogen (secondary N) is 1. The highest BCUT2D eigenvalue weighted by Gasteiger charge is 2.41. The summed E-state index contributed by atoms with van der Waals surface area (Å²) in [6, 6.07) is 8.62. The van der Waals surface area contributed by atoms with Gasteiger partial charge < -0.3 is 24.3 Å². The van der Waals surface area contributed by atoms with Gasteiger partial charge in [0.1, 0.15) is 5.54 Å². The maximum Gasteiger partial charge on any atom is 0.407 e. The molecule has 1 N–H and O–H groups in total.